The highest BCUT2D eigenvalue weighted by Crippen LogP contribution is 2.35. The second-order valence-electron chi connectivity index (χ2n) is 4.66. The van der Waals surface area contributed by atoms with Gasteiger partial charge >= 0.3 is 0 Å². The summed E-state index contributed by atoms with van der Waals surface area (Å²) < 4.78 is 11.0. The van der Waals surface area contributed by atoms with Gasteiger partial charge in [-0.05, 0) is 36.4 Å². The lowest BCUT2D eigenvalue weighted by Gasteiger charge is -1.99. The average Bonchev–Trinajstić information content (AvgIpc) is 3.03. The van der Waals surface area contributed by atoms with Gasteiger partial charge in [0.15, 0.2) is 0 Å². The van der Waals surface area contributed by atoms with Crippen LogP contribution in [0, 0.1) is 0 Å². The Hall–Kier alpha value is -2.88. The van der Waals surface area contributed by atoms with Crippen LogP contribution in [-0.4, -0.2) is 10.2 Å². The molecule has 4 nitrogen and oxygen atoms in total. The van der Waals surface area contributed by atoms with Gasteiger partial charge in [-0.25, -0.2) is 0 Å². The summed E-state index contributed by atoms with van der Waals surface area (Å²) in [5, 5.41) is 21.0. The Morgan fingerprint density at radius 2 is 1.75 bits per heavy atom. The number of benzene rings is 2. The third-order valence-electron chi connectivity index (χ3n) is 3.34. The van der Waals surface area contributed by atoms with Gasteiger partial charge in [0.1, 0.15) is 28.4 Å². The van der Waals surface area contributed by atoms with Crippen molar-refractivity contribution in [2.75, 3.05) is 0 Å². The van der Waals surface area contributed by atoms with Gasteiger partial charge in [-0.3, -0.25) is 0 Å². The molecule has 0 bridgehead atoms. The van der Waals surface area contributed by atoms with E-state index in [1.54, 1.807) is 30.3 Å². The van der Waals surface area contributed by atoms with Crippen LogP contribution in [0.15, 0.2) is 57.6 Å². The van der Waals surface area contributed by atoms with Crippen LogP contribution in [0.1, 0.15) is 0 Å². The Morgan fingerprint density at radius 1 is 0.850 bits per heavy atom. The minimum absolute atomic E-state index is 0.148. The van der Waals surface area contributed by atoms with Crippen LogP contribution in [0.4, 0.5) is 0 Å². The molecule has 4 rings (SSSR count). The van der Waals surface area contributed by atoms with Crippen LogP contribution in [0.5, 0.6) is 11.5 Å². The van der Waals surface area contributed by atoms with E-state index in [2.05, 4.69) is 0 Å². The van der Waals surface area contributed by atoms with Crippen LogP contribution in [0.2, 0.25) is 0 Å². The van der Waals surface area contributed by atoms with E-state index in [1.807, 2.05) is 12.1 Å². The van der Waals surface area contributed by atoms with Crippen molar-refractivity contribution >= 4 is 21.9 Å². The fourth-order valence-electron chi connectivity index (χ4n) is 2.36. The van der Waals surface area contributed by atoms with Crippen molar-refractivity contribution in [3.05, 3.63) is 48.7 Å². The second-order valence-corrected chi connectivity index (χ2v) is 4.66. The number of furan rings is 2. The molecule has 0 aliphatic rings. The van der Waals surface area contributed by atoms with Gasteiger partial charge in [0, 0.05) is 17.0 Å². The lowest BCUT2D eigenvalue weighted by molar-refractivity contribution is 0.474. The third-order valence-corrected chi connectivity index (χ3v) is 3.34. The maximum absolute atomic E-state index is 9.98. The molecule has 2 heterocycles. The molecule has 2 N–H and O–H groups in total. The molecule has 20 heavy (non-hydrogen) atoms. The van der Waals surface area contributed by atoms with Crippen LogP contribution >= 0.6 is 0 Å². The maximum atomic E-state index is 9.98. The number of aromatic hydroxyl groups is 2. The molecular formula is C16H10O4. The molecule has 0 radical (unpaired) electrons. The molecule has 4 heteroatoms. The first-order valence-corrected chi connectivity index (χ1v) is 6.14. The number of phenolic OH excluding ortho intramolecular Hbond substituents is 2. The molecule has 0 aliphatic carbocycles. The smallest absolute Gasteiger partial charge is 0.138 e. The minimum Gasteiger partial charge on any atom is -0.508 e. The summed E-state index contributed by atoms with van der Waals surface area (Å²) in [5.74, 6) is 0.913. The normalized spacial score (nSPS) is 11.4. The Labute approximate surface area is 113 Å². The topological polar surface area (TPSA) is 66.7 Å². The maximum Gasteiger partial charge on any atom is 0.138 e. The minimum atomic E-state index is 0.148. The monoisotopic (exact) mass is 266 g/mol. The van der Waals surface area contributed by atoms with Gasteiger partial charge in [-0.15, -0.1) is 0 Å². The Balaban J connectivity index is 1.95. The molecule has 0 saturated heterocycles. The van der Waals surface area contributed by atoms with Crippen LogP contribution in [0.3, 0.4) is 0 Å². The van der Waals surface area contributed by atoms with Crippen molar-refractivity contribution in [3.63, 3.8) is 0 Å². The van der Waals surface area contributed by atoms with Crippen molar-refractivity contribution < 1.29 is 19.0 Å². The predicted octanol–water partition coefficient (Wildman–Crippen LogP) is 4.26. The molecule has 0 fully saturated rings. The number of phenols is 2. The zero-order valence-electron chi connectivity index (χ0n) is 10.3. The van der Waals surface area contributed by atoms with E-state index in [1.165, 1.54) is 6.26 Å². The zero-order chi connectivity index (χ0) is 13.7. The molecule has 2 aromatic carbocycles. The highest BCUT2D eigenvalue weighted by Gasteiger charge is 2.11. The van der Waals surface area contributed by atoms with E-state index in [0.29, 0.717) is 22.3 Å². The van der Waals surface area contributed by atoms with E-state index in [9.17, 15) is 10.2 Å². The molecule has 0 amide bonds. The van der Waals surface area contributed by atoms with Crippen molar-refractivity contribution in [2.45, 2.75) is 0 Å². The summed E-state index contributed by atoms with van der Waals surface area (Å²) in [7, 11) is 0. The molecule has 0 spiro atoms. The van der Waals surface area contributed by atoms with E-state index in [-0.39, 0.29) is 11.5 Å². The molecule has 2 aromatic heterocycles. The van der Waals surface area contributed by atoms with Crippen LogP contribution < -0.4 is 0 Å². The quantitative estimate of drug-likeness (QED) is 0.540. The van der Waals surface area contributed by atoms with Gasteiger partial charge in [-0.1, -0.05) is 0 Å². The summed E-state index contributed by atoms with van der Waals surface area (Å²) in [5.41, 5.74) is 1.92. The van der Waals surface area contributed by atoms with Gasteiger partial charge in [0.25, 0.3) is 0 Å². The van der Waals surface area contributed by atoms with Crippen molar-refractivity contribution in [3.8, 4) is 22.8 Å². The van der Waals surface area contributed by atoms with Crippen molar-refractivity contribution in [1.29, 1.82) is 0 Å². The third kappa shape index (κ3) is 1.55. The highest BCUT2D eigenvalue weighted by molar-refractivity contribution is 5.90. The molecule has 0 unspecified atom stereocenters. The molecule has 98 valence electrons. The second kappa shape index (κ2) is 3.81. The van der Waals surface area contributed by atoms with Crippen LogP contribution in [-0.2, 0) is 0 Å². The van der Waals surface area contributed by atoms with Gasteiger partial charge in [0.2, 0.25) is 0 Å². The standard InChI is InChI=1S/C16H10O4/c17-11-2-1-9-6-14(20-15(9)8-11)10-5-13(18)12-3-4-19-16(12)7-10/h1-8,17-18H. The summed E-state index contributed by atoms with van der Waals surface area (Å²) in [6.45, 7) is 0. The predicted molar refractivity (Wildman–Crippen MR) is 74.8 cm³/mol. The molecule has 4 aromatic rings. The summed E-state index contributed by atoms with van der Waals surface area (Å²) in [4.78, 5) is 0. The first kappa shape index (κ1) is 11.0. The summed E-state index contributed by atoms with van der Waals surface area (Å²) in [6.07, 6.45) is 1.53. The number of fused-ring (bicyclic) bond motifs is 2. The number of hydrogen-bond acceptors (Lipinski definition) is 4. The average molecular weight is 266 g/mol. The number of hydrogen-bond donors (Lipinski definition) is 2. The zero-order valence-corrected chi connectivity index (χ0v) is 10.3. The van der Waals surface area contributed by atoms with E-state index >= 15 is 0 Å². The highest BCUT2D eigenvalue weighted by atomic mass is 16.3. The van der Waals surface area contributed by atoms with Crippen molar-refractivity contribution in [1.82, 2.24) is 0 Å². The molecule has 0 aliphatic heterocycles. The van der Waals surface area contributed by atoms with Gasteiger partial charge in [-0.2, -0.15) is 0 Å². The fourth-order valence-corrected chi connectivity index (χ4v) is 2.36. The molecular weight excluding hydrogens is 256 g/mol. The van der Waals surface area contributed by atoms with Crippen molar-refractivity contribution in [2.24, 2.45) is 0 Å². The first-order valence-electron chi connectivity index (χ1n) is 6.14. The molecule has 0 saturated carbocycles. The summed E-state index contributed by atoms with van der Waals surface area (Å²) in [6, 6.07) is 12.0. The van der Waals surface area contributed by atoms with E-state index in [4.69, 9.17) is 8.83 Å². The SMILES string of the molecule is Oc1ccc2cc(-c3cc(O)c4ccoc4c3)oc2c1. The molecule has 0 atom stereocenters. The largest absolute Gasteiger partial charge is 0.508 e. The Bertz CT molecular complexity index is 930. The number of rotatable bonds is 1. The van der Waals surface area contributed by atoms with Gasteiger partial charge < -0.3 is 19.0 Å². The van der Waals surface area contributed by atoms with Crippen LogP contribution in [0.25, 0.3) is 33.3 Å². The Morgan fingerprint density at radius 3 is 2.65 bits per heavy atom. The lowest BCUT2D eigenvalue weighted by atomic mass is 10.1. The van der Waals surface area contributed by atoms with E-state index < -0.39 is 0 Å². The first-order chi connectivity index (χ1) is 9.70. The van der Waals surface area contributed by atoms with Gasteiger partial charge in [0.05, 0.1) is 11.6 Å². The lowest BCUT2D eigenvalue weighted by Crippen LogP contribution is -1.74. The Kier molecular flexibility index (Phi) is 2.09. The van der Waals surface area contributed by atoms with E-state index in [0.717, 1.165) is 10.9 Å². The summed E-state index contributed by atoms with van der Waals surface area (Å²) >= 11 is 0. The fraction of sp³-hybridized carbons (Fsp3) is 0.